The number of rotatable bonds is 3. The summed E-state index contributed by atoms with van der Waals surface area (Å²) in [6.07, 6.45) is 3.41. The molecule has 1 fully saturated rings. The minimum Gasteiger partial charge on any atom is -0.384 e. The van der Waals surface area contributed by atoms with Gasteiger partial charge in [-0.05, 0) is 60.4 Å². The quantitative estimate of drug-likeness (QED) is 0.857. The van der Waals surface area contributed by atoms with Crippen molar-refractivity contribution >= 4 is 0 Å². The molecule has 1 atom stereocenters. The second-order valence-electron chi connectivity index (χ2n) is 6.04. The fourth-order valence-corrected chi connectivity index (χ4v) is 2.85. The number of aliphatic hydroxyl groups is 1. The van der Waals surface area contributed by atoms with Crippen molar-refractivity contribution in [3.8, 4) is 0 Å². The zero-order valence-electron chi connectivity index (χ0n) is 12.3. The highest BCUT2D eigenvalue weighted by molar-refractivity contribution is 5.38. The van der Waals surface area contributed by atoms with Crippen LogP contribution in [-0.2, 0) is 0 Å². The molecule has 104 valence electrons. The molecule has 1 N–H and O–H groups in total. The van der Waals surface area contributed by atoms with E-state index in [1.165, 1.54) is 36.0 Å². The van der Waals surface area contributed by atoms with Crippen molar-refractivity contribution in [3.63, 3.8) is 0 Å². The molecule has 1 aliphatic rings. The maximum absolute atomic E-state index is 10.6. The van der Waals surface area contributed by atoms with Crippen molar-refractivity contribution in [1.29, 1.82) is 0 Å². The van der Waals surface area contributed by atoms with Gasteiger partial charge in [-0.15, -0.1) is 0 Å². The monoisotopic (exact) mass is 266 g/mol. The van der Waals surface area contributed by atoms with Crippen LogP contribution >= 0.6 is 0 Å². The first-order valence-electron chi connectivity index (χ1n) is 7.50. The molecular weight excluding hydrogens is 244 g/mol. The van der Waals surface area contributed by atoms with Gasteiger partial charge < -0.3 is 5.11 Å². The Hall–Kier alpha value is -1.60. The van der Waals surface area contributed by atoms with Gasteiger partial charge in [-0.25, -0.2) is 0 Å². The third kappa shape index (κ3) is 2.51. The minimum atomic E-state index is -0.519. The molecule has 0 aromatic heterocycles. The van der Waals surface area contributed by atoms with Crippen LogP contribution in [0.1, 0.15) is 59.1 Å². The van der Waals surface area contributed by atoms with E-state index in [4.69, 9.17) is 0 Å². The van der Waals surface area contributed by atoms with E-state index in [0.717, 1.165) is 11.1 Å². The van der Waals surface area contributed by atoms with Crippen molar-refractivity contribution in [2.24, 2.45) is 0 Å². The molecule has 3 rings (SSSR count). The van der Waals surface area contributed by atoms with E-state index in [0.29, 0.717) is 5.92 Å². The normalized spacial score (nSPS) is 16.8. The first-order valence-corrected chi connectivity index (χ1v) is 7.50. The van der Waals surface area contributed by atoms with Gasteiger partial charge in [-0.1, -0.05) is 48.9 Å². The lowest BCUT2D eigenvalue weighted by atomic mass is 9.79. The summed E-state index contributed by atoms with van der Waals surface area (Å²) in [5.41, 5.74) is 5.88. The third-order valence-corrected chi connectivity index (χ3v) is 4.65. The van der Waals surface area contributed by atoms with Crippen molar-refractivity contribution in [3.05, 3.63) is 70.3 Å². The summed E-state index contributed by atoms with van der Waals surface area (Å²) in [6, 6.07) is 14.7. The summed E-state index contributed by atoms with van der Waals surface area (Å²) in [5, 5.41) is 10.6. The highest BCUT2D eigenvalue weighted by atomic mass is 16.3. The van der Waals surface area contributed by atoms with Crippen LogP contribution in [0.25, 0.3) is 0 Å². The van der Waals surface area contributed by atoms with Crippen LogP contribution in [0.4, 0.5) is 0 Å². The number of hydrogen-bond donors (Lipinski definition) is 1. The van der Waals surface area contributed by atoms with Crippen molar-refractivity contribution in [2.45, 2.75) is 45.1 Å². The Kier molecular flexibility index (Phi) is 3.62. The average molecular weight is 266 g/mol. The Morgan fingerprint density at radius 3 is 2.35 bits per heavy atom. The van der Waals surface area contributed by atoms with Gasteiger partial charge in [-0.3, -0.25) is 0 Å². The Bertz CT molecular complexity index is 611. The number of benzene rings is 2. The van der Waals surface area contributed by atoms with Crippen LogP contribution in [0.15, 0.2) is 42.5 Å². The van der Waals surface area contributed by atoms with Gasteiger partial charge in [-0.2, -0.15) is 0 Å². The van der Waals surface area contributed by atoms with E-state index < -0.39 is 6.10 Å². The molecule has 1 heteroatoms. The number of aryl methyl sites for hydroxylation is 2. The summed E-state index contributed by atoms with van der Waals surface area (Å²) in [4.78, 5) is 0. The van der Waals surface area contributed by atoms with E-state index in [9.17, 15) is 5.11 Å². The Morgan fingerprint density at radius 1 is 0.950 bits per heavy atom. The van der Waals surface area contributed by atoms with E-state index in [1.807, 2.05) is 12.1 Å². The molecule has 0 bridgehead atoms. The molecule has 0 heterocycles. The minimum absolute atomic E-state index is 0.519. The number of aliphatic hydroxyl groups excluding tert-OH is 1. The molecule has 20 heavy (non-hydrogen) atoms. The largest absolute Gasteiger partial charge is 0.384 e. The molecule has 2 aromatic carbocycles. The Labute approximate surface area is 121 Å². The summed E-state index contributed by atoms with van der Waals surface area (Å²) in [7, 11) is 0. The van der Waals surface area contributed by atoms with Crippen molar-refractivity contribution < 1.29 is 5.11 Å². The van der Waals surface area contributed by atoms with Crippen LogP contribution in [0.5, 0.6) is 0 Å². The Morgan fingerprint density at radius 2 is 1.70 bits per heavy atom. The molecule has 2 aromatic rings. The fraction of sp³-hybridized carbons (Fsp3) is 0.368. The molecule has 1 unspecified atom stereocenters. The Balaban J connectivity index is 1.89. The van der Waals surface area contributed by atoms with Gasteiger partial charge in [0.1, 0.15) is 6.10 Å². The average Bonchev–Trinajstić information content (AvgIpc) is 2.39. The maximum Gasteiger partial charge on any atom is 0.104 e. The van der Waals surface area contributed by atoms with Crippen LogP contribution in [0.3, 0.4) is 0 Å². The maximum atomic E-state index is 10.6. The lowest BCUT2D eigenvalue weighted by Gasteiger charge is -2.26. The summed E-state index contributed by atoms with van der Waals surface area (Å²) < 4.78 is 0. The molecule has 0 saturated heterocycles. The zero-order valence-corrected chi connectivity index (χ0v) is 12.3. The summed E-state index contributed by atoms with van der Waals surface area (Å²) >= 11 is 0. The van der Waals surface area contributed by atoms with Crippen LogP contribution < -0.4 is 0 Å². The van der Waals surface area contributed by atoms with Crippen LogP contribution in [0, 0.1) is 13.8 Å². The fourth-order valence-electron chi connectivity index (χ4n) is 2.85. The second kappa shape index (κ2) is 5.41. The molecule has 0 spiro atoms. The first kappa shape index (κ1) is 13.4. The zero-order chi connectivity index (χ0) is 14.1. The van der Waals surface area contributed by atoms with Gasteiger partial charge in [0.05, 0.1) is 0 Å². The standard InChI is InChI=1S/C19H22O/c1-13-9-10-18(11-14(13)2)19(20)17-8-4-7-16(12-17)15-5-3-6-15/h4,7-12,15,19-20H,3,5-6H2,1-2H3. The summed E-state index contributed by atoms with van der Waals surface area (Å²) in [5.74, 6) is 0.710. The summed E-state index contributed by atoms with van der Waals surface area (Å²) in [6.45, 7) is 4.19. The highest BCUT2D eigenvalue weighted by Crippen LogP contribution is 2.37. The third-order valence-electron chi connectivity index (χ3n) is 4.65. The van der Waals surface area contributed by atoms with Gasteiger partial charge in [0.2, 0.25) is 0 Å². The van der Waals surface area contributed by atoms with E-state index in [1.54, 1.807) is 0 Å². The van der Waals surface area contributed by atoms with Gasteiger partial charge in [0.25, 0.3) is 0 Å². The topological polar surface area (TPSA) is 20.2 Å². The van der Waals surface area contributed by atoms with E-state index in [-0.39, 0.29) is 0 Å². The second-order valence-corrected chi connectivity index (χ2v) is 6.04. The molecule has 1 saturated carbocycles. The SMILES string of the molecule is Cc1ccc(C(O)c2cccc(C3CCC3)c2)cc1C. The van der Waals surface area contributed by atoms with Crippen LogP contribution in [0.2, 0.25) is 0 Å². The molecular formula is C19H22O. The van der Waals surface area contributed by atoms with Gasteiger partial charge >= 0.3 is 0 Å². The molecule has 1 nitrogen and oxygen atoms in total. The van der Waals surface area contributed by atoms with E-state index in [2.05, 4.69) is 44.2 Å². The highest BCUT2D eigenvalue weighted by Gasteiger charge is 2.20. The molecule has 0 amide bonds. The van der Waals surface area contributed by atoms with E-state index >= 15 is 0 Å². The lowest BCUT2D eigenvalue weighted by molar-refractivity contribution is 0.220. The predicted molar refractivity (Wildman–Crippen MR) is 83.0 cm³/mol. The predicted octanol–water partition coefficient (Wildman–Crippen LogP) is 4.65. The van der Waals surface area contributed by atoms with Crippen LogP contribution in [-0.4, -0.2) is 5.11 Å². The number of hydrogen-bond acceptors (Lipinski definition) is 1. The molecule has 0 radical (unpaired) electrons. The van der Waals surface area contributed by atoms with Crippen molar-refractivity contribution in [1.82, 2.24) is 0 Å². The van der Waals surface area contributed by atoms with Gasteiger partial charge in [0.15, 0.2) is 0 Å². The lowest BCUT2D eigenvalue weighted by Crippen LogP contribution is -2.09. The molecule has 1 aliphatic carbocycles. The first-order chi connectivity index (χ1) is 9.65. The van der Waals surface area contributed by atoms with Crippen molar-refractivity contribution in [2.75, 3.05) is 0 Å². The smallest absolute Gasteiger partial charge is 0.104 e. The van der Waals surface area contributed by atoms with Gasteiger partial charge in [0, 0.05) is 0 Å². The molecule has 0 aliphatic heterocycles.